The molecule has 0 aliphatic carbocycles. The lowest BCUT2D eigenvalue weighted by Crippen LogP contribution is -2.45. The third kappa shape index (κ3) is 3.95. The van der Waals surface area contributed by atoms with Crippen LogP contribution in [0.2, 0.25) is 0 Å². The number of amides is 1. The van der Waals surface area contributed by atoms with Gasteiger partial charge in [0.25, 0.3) is 5.91 Å². The van der Waals surface area contributed by atoms with Crippen molar-refractivity contribution >= 4 is 17.7 Å². The molecule has 1 heterocycles. The van der Waals surface area contributed by atoms with Gasteiger partial charge >= 0.3 is 6.18 Å². The molecule has 1 fully saturated rings. The first-order chi connectivity index (χ1) is 10.3. The van der Waals surface area contributed by atoms with Crippen molar-refractivity contribution in [3.8, 4) is 0 Å². The van der Waals surface area contributed by atoms with Gasteiger partial charge in [-0.2, -0.15) is 13.2 Å². The fraction of sp³-hybridized carbons (Fsp3) is 0.533. The minimum Gasteiger partial charge on any atom is -0.383 e. The molecule has 1 atom stereocenters. The number of carbonyl (C=O) groups excluding carboxylic acids is 1. The van der Waals surface area contributed by atoms with Crippen molar-refractivity contribution in [3.63, 3.8) is 0 Å². The first kappa shape index (κ1) is 17.1. The molecule has 0 aromatic heterocycles. The van der Waals surface area contributed by atoms with Crippen molar-refractivity contribution in [1.82, 2.24) is 4.90 Å². The highest BCUT2D eigenvalue weighted by Crippen LogP contribution is 2.32. The van der Waals surface area contributed by atoms with E-state index in [1.165, 1.54) is 0 Å². The van der Waals surface area contributed by atoms with E-state index in [0.29, 0.717) is 5.56 Å². The summed E-state index contributed by atoms with van der Waals surface area (Å²) in [5.41, 5.74) is 0.535. The number of likely N-dealkylation sites (tertiary alicyclic amines) is 1. The van der Waals surface area contributed by atoms with E-state index >= 15 is 0 Å². The number of thioether (sulfide) groups is 1. The molecule has 2 rings (SSSR count). The predicted octanol–water partition coefficient (Wildman–Crippen LogP) is 3.18. The van der Waals surface area contributed by atoms with Crippen molar-refractivity contribution in [2.75, 3.05) is 19.3 Å². The molecule has 1 unspecified atom stereocenters. The molecule has 1 saturated heterocycles. The third-order valence-corrected chi connectivity index (χ3v) is 4.69. The Kier molecular flexibility index (Phi) is 5.39. The van der Waals surface area contributed by atoms with Gasteiger partial charge in [-0.3, -0.25) is 4.79 Å². The summed E-state index contributed by atoms with van der Waals surface area (Å²) in [6.45, 7) is 0.474. The molecule has 1 N–H and O–H groups in total. The van der Waals surface area contributed by atoms with Gasteiger partial charge in [-0.15, -0.1) is 11.8 Å². The molecule has 3 nitrogen and oxygen atoms in total. The van der Waals surface area contributed by atoms with Gasteiger partial charge in [0.2, 0.25) is 0 Å². The second-order valence-corrected chi connectivity index (χ2v) is 6.22. The number of alkyl halides is 3. The molecule has 1 aliphatic heterocycles. The fourth-order valence-corrected chi connectivity index (χ4v) is 3.01. The lowest BCUT2D eigenvalue weighted by atomic mass is 9.90. The van der Waals surface area contributed by atoms with Crippen LogP contribution in [0.5, 0.6) is 0 Å². The van der Waals surface area contributed by atoms with Crippen LogP contribution in [0.3, 0.4) is 0 Å². The average molecular weight is 333 g/mol. The second-order valence-electron chi connectivity index (χ2n) is 5.34. The van der Waals surface area contributed by atoms with E-state index in [9.17, 15) is 23.1 Å². The first-order valence-electron chi connectivity index (χ1n) is 7.01. The summed E-state index contributed by atoms with van der Waals surface area (Å²) in [6.07, 6.45) is -4.63. The zero-order valence-electron chi connectivity index (χ0n) is 12.1. The van der Waals surface area contributed by atoms with Gasteiger partial charge < -0.3 is 10.0 Å². The van der Waals surface area contributed by atoms with Crippen LogP contribution in [0.4, 0.5) is 13.2 Å². The maximum Gasteiger partial charge on any atom is 0.414 e. The van der Waals surface area contributed by atoms with Gasteiger partial charge in [0.1, 0.15) is 0 Å². The van der Waals surface area contributed by atoms with Crippen molar-refractivity contribution in [2.24, 2.45) is 5.92 Å². The normalized spacial score (nSPS) is 18.3. The number of benzene rings is 1. The Morgan fingerprint density at radius 3 is 2.27 bits per heavy atom. The van der Waals surface area contributed by atoms with Crippen molar-refractivity contribution in [1.29, 1.82) is 0 Å². The van der Waals surface area contributed by atoms with E-state index in [2.05, 4.69) is 0 Å². The molecule has 1 aromatic carbocycles. The first-order valence-corrected chi connectivity index (χ1v) is 8.23. The van der Waals surface area contributed by atoms with E-state index < -0.39 is 18.2 Å². The zero-order chi connectivity index (χ0) is 16.3. The summed E-state index contributed by atoms with van der Waals surface area (Å²) in [5, 5.41) is 9.28. The number of aliphatic hydroxyl groups is 1. The quantitative estimate of drug-likeness (QED) is 0.864. The van der Waals surface area contributed by atoms with Gasteiger partial charge in [0.15, 0.2) is 6.10 Å². The maximum absolute atomic E-state index is 12.5. The molecule has 0 radical (unpaired) electrons. The van der Waals surface area contributed by atoms with Crippen LogP contribution in [0.25, 0.3) is 0 Å². The summed E-state index contributed by atoms with van der Waals surface area (Å²) in [7, 11) is 0. The van der Waals surface area contributed by atoms with Gasteiger partial charge in [-0.25, -0.2) is 0 Å². The number of hydrogen-bond donors (Lipinski definition) is 1. The van der Waals surface area contributed by atoms with Gasteiger partial charge in [0.05, 0.1) is 0 Å². The SMILES string of the molecule is CSc1ccc(C(=O)N2CCC(C(O)C(F)(F)F)CC2)cc1. The topological polar surface area (TPSA) is 40.5 Å². The molecule has 0 bridgehead atoms. The minimum atomic E-state index is -4.59. The molecule has 1 aliphatic rings. The standard InChI is InChI=1S/C15H18F3NO2S/c1-22-12-4-2-11(3-5-12)14(21)19-8-6-10(7-9-19)13(20)15(16,17)18/h2-5,10,13,20H,6-9H2,1H3. The van der Waals surface area contributed by atoms with Crippen LogP contribution >= 0.6 is 11.8 Å². The van der Waals surface area contributed by atoms with E-state index in [1.54, 1.807) is 28.8 Å². The molecule has 1 amide bonds. The van der Waals surface area contributed by atoms with E-state index in [4.69, 9.17) is 0 Å². The summed E-state index contributed by atoms with van der Waals surface area (Å²) >= 11 is 1.57. The van der Waals surface area contributed by atoms with Crippen LogP contribution in [0, 0.1) is 5.92 Å². The second kappa shape index (κ2) is 6.91. The maximum atomic E-state index is 12.5. The molecular weight excluding hydrogens is 315 g/mol. The third-order valence-electron chi connectivity index (χ3n) is 3.95. The highest BCUT2D eigenvalue weighted by molar-refractivity contribution is 7.98. The Morgan fingerprint density at radius 2 is 1.82 bits per heavy atom. The van der Waals surface area contributed by atoms with Crippen molar-refractivity contribution in [3.05, 3.63) is 29.8 Å². The van der Waals surface area contributed by atoms with Crippen LogP contribution in [0.1, 0.15) is 23.2 Å². The summed E-state index contributed by atoms with van der Waals surface area (Å²) in [4.78, 5) is 14.9. The molecule has 22 heavy (non-hydrogen) atoms. The van der Waals surface area contributed by atoms with Crippen LogP contribution < -0.4 is 0 Å². The largest absolute Gasteiger partial charge is 0.414 e. The number of piperidine rings is 1. The molecular formula is C15H18F3NO2S. The number of hydrogen-bond acceptors (Lipinski definition) is 3. The predicted molar refractivity (Wildman–Crippen MR) is 78.9 cm³/mol. The Morgan fingerprint density at radius 1 is 1.27 bits per heavy atom. The van der Waals surface area contributed by atoms with Crippen LogP contribution in [0.15, 0.2) is 29.2 Å². The Labute approximate surface area is 131 Å². The Hall–Kier alpha value is -1.21. The smallest absolute Gasteiger partial charge is 0.383 e. The lowest BCUT2D eigenvalue weighted by Gasteiger charge is -2.34. The highest BCUT2D eigenvalue weighted by atomic mass is 32.2. The van der Waals surface area contributed by atoms with E-state index in [0.717, 1.165) is 4.90 Å². The Balaban J connectivity index is 1.94. The van der Waals surface area contributed by atoms with Gasteiger partial charge in [-0.1, -0.05) is 0 Å². The molecule has 7 heteroatoms. The monoisotopic (exact) mass is 333 g/mol. The fourth-order valence-electron chi connectivity index (χ4n) is 2.60. The highest BCUT2D eigenvalue weighted by Gasteiger charge is 2.44. The van der Waals surface area contributed by atoms with Crippen molar-refractivity contribution in [2.45, 2.75) is 30.0 Å². The number of nitrogens with zero attached hydrogens (tertiary/aromatic N) is 1. The zero-order valence-corrected chi connectivity index (χ0v) is 13.0. The number of rotatable bonds is 3. The molecule has 122 valence electrons. The van der Waals surface area contributed by atoms with E-state index in [1.807, 2.05) is 18.4 Å². The lowest BCUT2D eigenvalue weighted by molar-refractivity contribution is -0.222. The summed E-state index contributed by atoms with van der Waals surface area (Å²) < 4.78 is 37.5. The number of halogens is 3. The number of carbonyl (C=O) groups is 1. The van der Waals surface area contributed by atoms with Gasteiger partial charge in [-0.05, 0) is 49.3 Å². The van der Waals surface area contributed by atoms with E-state index in [-0.39, 0.29) is 31.8 Å². The summed E-state index contributed by atoms with van der Waals surface area (Å²) in [5.74, 6) is -1.00. The minimum absolute atomic E-state index is 0.162. The molecule has 0 spiro atoms. The Bertz CT molecular complexity index is 511. The molecule has 0 saturated carbocycles. The summed E-state index contributed by atoms with van der Waals surface area (Å²) in [6, 6.07) is 7.14. The van der Waals surface area contributed by atoms with Crippen molar-refractivity contribution < 1.29 is 23.1 Å². The van der Waals surface area contributed by atoms with Crippen LogP contribution in [-0.2, 0) is 0 Å². The molecule has 1 aromatic rings. The van der Waals surface area contributed by atoms with Gasteiger partial charge in [0, 0.05) is 23.5 Å². The van der Waals surface area contributed by atoms with Crippen LogP contribution in [-0.4, -0.2) is 47.5 Å². The average Bonchev–Trinajstić information content (AvgIpc) is 2.53. The number of aliphatic hydroxyl groups excluding tert-OH is 1.